The second-order valence-electron chi connectivity index (χ2n) is 7.21. The van der Waals surface area contributed by atoms with E-state index in [1.807, 2.05) is 12.1 Å². The molecule has 0 spiro atoms. The van der Waals surface area contributed by atoms with E-state index in [-0.39, 0.29) is 17.7 Å². The van der Waals surface area contributed by atoms with Crippen molar-refractivity contribution in [1.29, 1.82) is 5.26 Å². The number of hydrogen-bond donors (Lipinski definition) is 3. The number of unbranched alkanes of at least 4 members (excludes halogenated alkanes) is 2. The Morgan fingerprint density at radius 3 is 2.68 bits per heavy atom. The molecule has 8 nitrogen and oxygen atoms in total. The number of amides is 2. The molecule has 31 heavy (non-hydrogen) atoms. The molecule has 1 aromatic carbocycles. The maximum Gasteiger partial charge on any atom is 0.263 e. The van der Waals surface area contributed by atoms with Crippen molar-refractivity contribution in [1.82, 2.24) is 20.3 Å². The first kappa shape index (κ1) is 22.2. The van der Waals surface area contributed by atoms with Gasteiger partial charge in [0.25, 0.3) is 5.91 Å². The van der Waals surface area contributed by atoms with Crippen LogP contribution in [0.25, 0.3) is 11.3 Å². The van der Waals surface area contributed by atoms with E-state index in [0.717, 1.165) is 42.8 Å². The van der Waals surface area contributed by atoms with E-state index in [2.05, 4.69) is 26.3 Å². The summed E-state index contributed by atoms with van der Waals surface area (Å²) < 4.78 is 0. The van der Waals surface area contributed by atoms with Gasteiger partial charge >= 0.3 is 0 Å². The maximum atomic E-state index is 12.3. The first-order valence-electron chi connectivity index (χ1n) is 10.1. The zero-order valence-electron chi connectivity index (χ0n) is 17.0. The molecule has 0 aliphatic heterocycles. The van der Waals surface area contributed by atoms with E-state index in [0.29, 0.717) is 23.4 Å². The Bertz CT molecular complexity index is 1040. The molecule has 0 bridgehead atoms. The molecule has 4 N–H and O–H groups in total. The number of benzene rings is 1. The van der Waals surface area contributed by atoms with Gasteiger partial charge < -0.3 is 16.0 Å². The van der Waals surface area contributed by atoms with Crippen molar-refractivity contribution in [2.24, 2.45) is 5.73 Å². The summed E-state index contributed by atoms with van der Waals surface area (Å²) in [6.07, 6.45) is 7.03. The Balaban J connectivity index is 1.67. The summed E-state index contributed by atoms with van der Waals surface area (Å²) in [5.74, 6) is 0.350. The summed E-state index contributed by atoms with van der Waals surface area (Å²) in [6, 6.07) is 9.39. The largest absolute Gasteiger partial charge is 0.370 e. The summed E-state index contributed by atoms with van der Waals surface area (Å²) >= 11 is 1.30. The molecule has 0 radical (unpaired) electrons. The lowest BCUT2D eigenvalue weighted by molar-refractivity contribution is -0.118. The van der Waals surface area contributed by atoms with Gasteiger partial charge in [-0.05, 0) is 30.5 Å². The molecule has 3 rings (SSSR count). The van der Waals surface area contributed by atoms with E-state index in [1.54, 1.807) is 30.0 Å². The molecule has 1 atom stereocenters. The molecule has 2 amide bonds. The van der Waals surface area contributed by atoms with Gasteiger partial charge in [0.05, 0.1) is 35.2 Å². The second kappa shape index (κ2) is 11.0. The van der Waals surface area contributed by atoms with Crippen molar-refractivity contribution < 1.29 is 9.59 Å². The normalized spacial score (nSPS) is 11.6. The fourth-order valence-corrected chi connectivity index (χ4v) is 3.78. The molecule has 1 unspecified atom stereocenters. The quantitative estimate of drug-likeness (QED) is 0.396. The average Bonchev–Trinajstić information content (AvgIpc) is 3.48. The van der Waals surface area contributed by atoms with Gasteiger partial charge in [-0.2, -0.15) is 5.26 Å². The molecule has 0 aliphatic rings. The summed E-state index contributed by atoms with van der Waals surface area (Å²) in [7, 11) is 0. The molecule has 9 heteroatoms. The van der Waals surface area contributed by atoms with Crippen LogP contribution in [0.3, 0.4) is 0 Å². The van der Waals surface area contributed by atoms with Crippen LogP contribution in [0, 0.1) is 11.3 Å². The van der Waals surface area contributed by atoms with Crippen LogP contribution in [-0.2, 0) is 4.79 Å². The second-order valence-corrected chi connectivity index (χ2v) is 8.10. The molecular weight excluding hydrogens is 412 g/mol. The number of hydrogen-bond acceptors (Lipinski definition) is 6. The van der Waals surface area contributed by atoms with E-state index in [9.17, 15) is 9.59 Å². The predicted molar refractivity (Wildman–Crippen MR) is 118 cm³/mol. The van der Waals surface area contributed by atoms with Crippen molar-refractivity contribution in [2.75, 3.05) is 6.54 Å². The Labute approximate surface area is 184 Å². The number of carbonyl (C=O) groups is 2. The standard InChI is InChI=1S/C22H24N6O2S/c23-10-15-6-8-16(9-7-15)18-12-26-21(28-18)17(4-2-1-3-5-20(24)29)11-27-22(30)19-13-25-14-31-19/h6-9,12-14,17H,1-5,11H2,(H2,24,29)(H,26,28)(H,27,30). The van der Waals surface area contributed by atoms with Gasteiger partial charge in [0.1, 0.15) is 10.7 Å². The molecule has 2 aromatic heterocycles. The van der Waals surface area contributed by atoms with Gasteiger partial charge in [0.15, 0.2) is 0 Å². The van der Waals surface area contributed by atoms with Crippen molar-refractivity contribution >= 4 is 23.2 Å². The van der Waals surface area contributed by atoms with Crippen LogP contribution in [0.5, 0.6) is 0 Å². The number of nitrogens with one attached hydrogen (secondary N) is 2. The Kier molecular flexibility index (Phi) is 7.90. The number of nitrogens with zero attached hydrogens (tertiary/aromatic N) is 3. The number of nitrogens with two attached hydrogens (primary N) is 1. The first-order chi connectivity index (χ1) is 15.1. The highest BCUT2D eigenvalue weighted by Gasteiger charge is 2.18. The number of primary amides is 1. The summed E-state index contributed by atoms with van der Waals surface area (Å²) in [5.41, 5.74) is 9.22. The van der Waals surface area contributed by atoms with Gasteiger partial charge in [-0.1, -0.05) is 25.0 Å². The Morgan fingerprint density at radius 1 is 1.19 bits per heavy atom. The number of nitriles is 1. The van der Waals surface area contributed by atoms with E-state index in [4.69, 9.17) is 11.0 Å². The third-order valence-corrected chi connectivity index (χ3v) is 5.72. The third-order valence-electron chi connectivity index (χ3n) is 4.95. The van der Waals surface area contributed by atoms with Crippen molar-refractivity contribution in [3.63, 3.8) is 0 Å². The van der Waals surface area contributed by atoms with Crippen LogP contribution in [0.15, 0.2) is 42.2 Å². The zero-order chi connectivity index (χ0) is 22.1. The molecule has 3 aromatic rings. The van der Waals surface area contributed by atoms with Gasteiger partial charge in [-0.25, -0.2) is 4.98 Å². The number of thiazole rings is 1. The van der Waals surface area contributed by atoms with E-state index < -0.39 is 0 Å². The topological polar surface area (TPSA) is 138 Å². The number of aromatic nitrogens is 3. The number of aromatic amines is 1. The van der Waals surface area contributed by atoms with Crippen LogP contribution < -0.4 is 11.1 Å². The van der Waals surface area contributed by atoms with Crippen LogP contribution in [0.1, 0.15) is 59.1 Å². The zero-order valence-corrected chi connectivity index (χ0v) is 17.8. The van der Waals surface area contributed by atoms with Gasteiger partial charge in [-0.15, -0.1) is 11.3 Å². The molecule has 0 fully saturated rings. The lowest BCUT2D eigenvalue weighted by atomic mass is 9.99. The minimum atomic E-state index is -0.286. The summed E-state index contributed by atoms with van der Waals surface area (Å²) in [4.78, 5) is 35.7. The van der Waals surface area contributed by atoms with Crippen LogP contribution in [0.2, 0.25) is 0 Å². The summed E-state index contributed by atoms with van der Waals surface area (Å²) in [6.45, 7) is 0.437. The van der Waals surface area contributed by atoms with Gasteiger partial charge in [-0.3, -0.25) is 14.6 Å². The summed E-state index contributed by atoms with van der Waals surface area (Å²) in [5, 5.41) is 11.9. The number of rotatable bonds is 11. The molecule has 0 saturated heterocycles. The third kappa shape index (κ3) is 6.49. The van der Waals surface area contributed by atoms with Crippen molar-refractivity contribution in [2.45, 2.75) is 38.0 Å². The van der Waals surface area contributed by atoms with Crippen LogP contribution in [0.4, 0.5) is 0 Å². The minimum absolute atomic E-state index is 0.00224. The maximum absolute atomic E-state index is 12.3. The molecule has 0 saturated carbocycles. The highest BCUT2D eigenvalue weighted by Crippen LogP contribution is 2.24. The highest BCUT2D eigenvalue weighted by molar-refractivity contribution is 7.11. The first-order valence-corrected chi connectivity index (χ1v) is 10.9. The highest BCUT2D eigenvalue weighted by atomic mass is 32.1. The smallest absolute Gasteiger partial charge is 0.263 e. The van der Waals surface area contributed by atoms with Crippen molar-refractivity contribution in [3.8, 4) is 17.3 Å². The van der Waals surface area contributed by atoms with Crippen LogP contribution >= 0.6 is 11.3 Å². The minimum Gasteiger partial charge on any atom is -0.370 e. The Morgan fingerprint density at radius 2 is 2.00 bits per heavy atom. The number of carbonyl (C=O) groups excluding carboxylic acids is 2. The van der Waals surface area contributed by atoms with Crippen molar-refractivity contribution in [3.05, 3.63) is 58.4 Å². The SMILES string of the molecule is N#Cc1ccc(-c2cnc(C(CCCCCC(N)=O)CNC(=O)c3cncs3)[nH]2)cc1. The molecule has 0 aliphatic carbocycles. The number of H-pyrrole nitrogens is 1. The van der Waals surface area contributed by atoms with Crippen LogP contribution in [-0.4, -0.2) is 33.3 Å². The molecule has 2 heterocycles. The number of imidazole rings is 1. The molecule has 160 valence electrons. The van der Waals surface area contributed by atoms with E-state index >= 15 is 0 Å². The molecular formula is C22H24N6O2S. The lowest BCUT2D eigenvalue weighted by Gasteiger charge is -2.15. The Hall–Kier alpha value is -3.51. The lowest BCUT2D eigenvalue weighted by Crippen LogP contribution is -2.28. The fraction of sp³-hybridized carbons (Fsp3) is 0.318. The van der Waals surface area contributed by atoms with E-state index in [1.165, 1.54) is 11.3 Å². The predicted octanol–water partition coefficient (Wildman–Crippen LogP) is 3.35. The average molecular weight is 437 g/mol. The van der Waals surface area contributed by atoms with Gasteiger partial charge in [0, 0.05) is 18.9 Å². The van der Waals surface area contributed by atoms with Gasteiger partial charge in [0.2, 0.25) is 5.91 Å². The monoisotopic (exact) mass is 436 g/mol. The fourth-order valence-electron chi connectivity index (χ4n) is 3.25.